The molecular weight excluding hydrogens is 396 g/mol. The summed E-state index contributed by atoms with van der Waals surface area (Å²) in [5.41, 5.74) is 2.41. The molecule has 2 rings (SSSR count). The molecule has 164 valence electrons. The monoisotopic (exact) mass is 430 g/mol. The highest BCUT2D eigenvalue weighted by Crippen LogP contribution is 2.19. The largest absolute Gasteiger partial charge is 0.350 e. The third-order valence-corrected chi connectivity index (χ3v) is 5.32. The van der Waals surface area contributed by atoms with E-state index in [1.165, 1.54) is 16.9 Å². The maximum atomic E-state index is 12.9. The molecule has 1 aromatic carbocycles. The van der Waals surface area contributed by atoms with Gasteiger partial charge in [-0.1, -0.05) is 53.7 Å². The molecule has 0 radical (unpaired) electrons. The molecule has 0 unspecified atom stereocenters. The number of thiazole rings is 1. The molecule has 1 heterocycles. The summed E-state index contributed by atoms with van der Waals surface area (Å²) in [4.78, 5) is 31.3. The van der Waals surface area contributed by atoms with Gasteiger partial charge in [0.15, 0.2) is 0 Å². The first-order valence-electron chi connectivity index (χ1n) is 10.5. The van der Waals surface area contributed by atoms with Crippen LogP contribution in [0.5, 0.6) is 0 Å². The van der Waals surface area contributed by atoms with Crippen molar-refractivity contribution in [3.05, 3.63) is 45.9 Å². The lowest BCUT2D eigenvalue weighted by Crippen LogP contribution is -2.37. The standard InChI is InChI=1S/C23H34N4O2S/c1-15(2)11-24-22(28)20-14-30-21(26-20)13-27(12-16(3)4)23(29)25-19-9-7-18(8-10-19)17(5)6/h7-10,14-17H,11-13H2,1-6H3,(H,24,28)(H,25,29). The second-order valence-electron chi connectivity index (χ2n) is 8.71. The molecule has 3 amide bonds. The van der Waals surface area contributed by atoms with Crippen LogP contribution in [-0.2, 0) is 6.54 Å². The van der Waals surface area contributed by atoms with Gasteiger partial charge in [-0.05, 0) is 35.4 Å². The number of carbonyl (C=O) groups is 2. The first-order chi connectivity index (χ1) is 14.2. The Balaban J connectivity index is 2.04. The zero-order chi connectivity index (χ0) is 22.3. The van der Waals surface area contributed by atoms with Gasteiger partial charge < -0.3 is 15.5 Å². The van der Waals surface area contributed by atoms with E-state index >= 15 is 0 Å². The number of carbonyl (C=O) groups excluding carboxylic acids is 2. The van der Waals surface area contributed by atoms with Gasteiger partial charge in [0.2, 0.25) is 0 Å². The van der Waals surface area contributed by atoms with E-state index in [1.807, 2.05) is 38.1 Å². The molecule has 0 atom stereocenters. The van der Waals surface area contributed by atoms with Crippen molar-refractivity contribution in [2.45, 2.75) is 54.0 Å². The average Bonchev–Trinajstić information content (AvgIpc) is 3.14. The molecule has 7 heteroatoms. The van der Waals surface area contributed by atoms with Crippen LogP contribution in [0.4, 0.5) is 10.5 Å². The Kier molecular flexibility index (Phi) is 8.84. The first-order valence-corrected chi connectivity index (χ1v) is 11.4. The number of urea groups is 1. The molecular formula is C23H34N4O2S. The highest BCUT2D eigenvalue weighted by molar-refractivity contribution is 7.09. The van der Waals surface area contributed by atoms with E-state index in [0.29, 0.717) is 43.1 Å². The van der Waals surface area contributed by atoms with Gasteiger partial charge in [0.05, 0.1) is 6.54 Å². The molecule has 1 aromatic heterocycles. The second-order valence-corrected chi connectivity index (χ2v) is 9.65. The topological polar surface area (TPSA) is 74.3 Å². The molecule has 0 aliphatic carbocycles. The molecule has 0 spiro atoms. The molecule has 0 aliphatic heterocycles. The maximum absolute atomic E-state index is 12.9. The Morgan fingerprint density at radius 3 is 2.27 bits per heavy atom. The summed E-state index contributed by atoms with van der Waals surface area (Å²) in [6, 6.07) is 7.77. The lowest BCUT2D eigenvalue weighted by Gasteiger charge is -2.24. The van der Waals surface area contributed by atoms with Gasteiger partial charge in [-0.15, -0.1) is 11.3 Å². The molecule has 30 heavy (non-hydrogen) atoms. The van der Waals surface area contributed by atoms with Crippen LogP contribution in [0.15, 0.2) is 29.6 Å². The smallest absolute Gasteiger partial charge is 0.322 e. The van der Waals surface area contributed by atoms with Crippen molar-refractivity contribution in [2.24, 2.45) is 11.8 Å². The van der Waals surface area contributed by atoms with Crippen LogP contribution < -0.4 is 10.6 Å². The highest BCUT2D eigenvalue weighted by Gasteiger charge is 2.19. The molecule has 2 N–H and O–H groups in total. The number of nitrogens with one attached hydrogen (secondary N) is 2. The van der Waals surface area contributed by atoms with E-state index in [0.717, 1.165) is 10.7 Å². The summed E-state index contributed by atoms with van der Waals surface area (Å²) in [5, 5.41) is 8.36. The van der Waals surface area contributed by atoms with E-state index in [4.69, 9.17) is 0 Å². The highest BCUT2D eigenvalue weighted by atomic mass is 32.1. The summed E-state index contributed by atoms with van der Waals surface area (Å²) >= 11 is 1.40. The molecule has 0 fully saturated rings. The fourth-order valence-electron chi connectivity index (χ4n) is 2.85. The minimum atomic E-state index is -0.170. The van der Waals surface area contributed by atoms with E-state index < -0.39 is 0 Å². The fraction of sp³-hybridized carbons (Fsp3) is 0.522. The molecule has 6 nitrogen and oxygen atoms in total. The number of benzene rings is 1. The molecule has 2 aromatic rings. The third kappa shape index (κ3) is 7.44. The van der Waals surface area contributed by atoms with Crippen molar-refractivity contribution < 1.29 is 9.59 Å². The Labute approximate surface area is 184 Å². The number of nitrogens with zero attached hydrogens (tertiary/aromatic N) is 2. The SMILES string of the molecule is CC(C)CNC(=O)c1csc(CN(CC(C)C)C(=O)Nc2ccc(C(C)C)cc2)n1. The number of hydrogen-bond acceptors (Lipinski definition) is 4. The van der Waals surface area contributed by atoms with Crippen molar-refractivity contribution in [2.75, 3.05) is 18.4 Å². The molecule has 0 bridgehead atoms. The number of aromatic nitrogens is 1. The van der Waals surface area contributed by atoms with Crippen molar-refractivity contribution in [1.82, 2.24) is 15.2 Å². The summed E-state index contributed by atoms with van der Waals surface area (Å²) < 4.78 is 0. The minimum absolute atomic E-state index is 0.165. The summed E-state index contributed by atoms with van der Waals surface area (Å²) in [5.74, 6) is 0.972. The van der Waals surface area contributed by atoms with Gasteiger partial charge in [0.25, 0.3) is 5.91 Å². The van der Waals surface area contributed by atoms with Gasteiger partial charge in [-0.25, -0.2) is 9.78 Å². The molecule has 0 saturated heterocycles. The number of amides is 3. The summed E-state index contributed by atoms with van der Waals surface area (Å²) in [6.45, 7) is 14.1. The van der Waals surface area contributed by atoms with E-state index in [-0.39, 0.29) is 11.9 Å². The minimum Gasteiger partial charge on any atom is -0.350 e. The predicted octanol–water partition coefficient (Wildman–Crippen LogP) is 5.34. The average molecular weight is 431 g/mol. The van der Waals surface area contributed by atoms with Gasteiger partial charge in [-0.3, -0.25) is 4.79 Å². The van der Waals surface area contributed by atoms with Gasteiger partial charge in [0.1, 0.15) is 10.7 Å². The normalized spacial score (nSPS) is 11.2. The lowest BCUT2D eigenvalue weighted by atomic mass is 10.0. The van der Waals surface area contributed by atoms with E-state index in [1.54, 1.807) is 10.3 Å². The van der Waals surface area contributed by atoms with Gasteiger partial charge in [-0.2, -0.15) is 0 Å². The van der Waals surface area contributed by atoms with E-state index in [2.05, 4.69) is 43.3 Å². The van der Waals surface area contributed by atoms with Crippen molar-refractivity contribution in [1.29, 1.82) is 0 Å². The van der Waals surface area contributed by atoms with Gasteiger partial charge in [0, 0.05) is 24.2 Å². The Bertz CT molecular complexity index is 828. The molecule has 0 aliphatic rings. The number of rotatable bonds is 9. The Morgan fingerprint density at radius 2 is 1.70 bits per heavy atom. The first kappa shape index (κ1) is 23.9. The van der Waals surface area contributed by atoms with Gasteiger partial charge >= 0.3 is 6.03 Å². The van der Waals surface area contributed by atoms with Crippen molar-refractivity contribution >= 4 is 29.0 Å². The van der Waals surface area contributed by atoms with Crippen molar-refractivity contribution in [3.8, 4) is 0 Å². The van der Waals surface area contributed by atoms with Crippen LogP contribution >= 0.6 is 11.3 Å². The van der Waals surface area contributed by atoms with Crippen LogP contribution in [-0.4, -0.2) is 34.9 Å². The zero-order valence-corrected chi connectivity index (χ0v) is 19.7. The quantitative estimate of drug-likeness (QED) is 0.564. The number of hydrogen-bond donors (Lipinski definition) is 2. The van der Waals surface area contributed by atoms with Crippen LogP contribution in [0.3, 0.4) is 0 Å². The third-order valence-electron chi connectivity index (χ3n) is 4.48. The van der Waals surface area contributed by atoms with E-state index in [9.17, 15) is 9.59 Å². The Hall–Kier alpha value is -2.41. The van der Waals surface area contributed by atoms with Crippen LogP contribution in [0, 0.1) is 11.8 Å². The van der Waals surface area contributed by atoms with Crippen molar-refractivity contribution in [3.63, 3.8) is 0 Å². The maximum Gasteiger partial charge on any atom is 0.322 e. The summed E-state index contributed by atoms with van der Waals surface area (Å²) in [7, 11) is 0. The van der Waals surface area contributed by atoms with Crippen LogP contribution in [0.2, 0.25) is 0 Å². The van der Waals surface area contributed by atoms with Crippen LogP contribution in [0.25, 0.3) is 0 Å². The summed E-state index contributed by atoms with van der Waals surface area (Å²) in [6.07, 6.45) is 0. The van der Waals surface area contributed by atoms with Crippen LogP contribution in [0.1, 0.15) is 68.5 Å². The Morgan fingerprint density at radius 1 is 1.03 bits per heavy atom. The fourth-order valence-corrected chi connectivity index (χ4v) is 3.64. The zero-order valence-electron chi connectivity index (χ0n) is 18.9. The lowest BCUT2D eigenvalue weighted by molar-refractivity contribution is 0.0944. The second kappa shape index (κ2) is 11.1. The predicted molar refractivity (Wildman–Crippen MR) is 124 cm³/mol. The molecule has 0 saturated carbocycles. The number of anilines is 1.